The minimum absolute atomic E-state index is 0.0762. The molecule has 1 aromatic carbocycles. The van der Waals surface area contributed by atoms with Gasteiger partial charge in [-0.05, 0) is 57.3 Å². The molecule has 2 aromatic rings. The summed E-state index contributed by atoms with van der Waals surface area (Å²) in [4.78, 5) is 16.5. The number of carbonyl (C=O) groups excluding carboxylic acids is 1. The number of ether oxygens (including phenoxy) is 1. The molecule has 30 heavy (non-hydrogen) atoms. The topological polar surface area (TPSA) is 78.2 Å². The second-order valence-corrected chi connectivity index (χ2v) is 8.23. The maximum atomic E-state index is 12.2. The number of nitrogens with one attached hydrogen (secondary N) is 1. The highest BCUT2D eigenvalue weighted by Gasteiger charge is 2.22. The quantitative estimate of drug-likeness (QED) is 0.630. The summed E-state index contributed by atoms with van der Waals surface area (Å²) in [5, 5.41) is 12.4. The highest BCUT2D eigenvalue weighted by molar-refractivity contribution is 6.32. The minimum atomic E-state index is -0.138. The maximum Gasteiger partial charge on any atom is 0.251 e. The fourth-order valence-electron chi connectivity index (χ4n) is 3.41. The third kappa shape index (κ3) is 6.47. The van der Waals surface area contributed by atoms with Crippen molar-refractivity contribution < 1.29 is 19.1 Å². The zero-order valence-electron chi connectivity index (χ0n) is 17.6. The maximum absolute atomic E-state index is 12.2. The Morgan fingerprint density at radius 3 is 2.63 bits per heavy atom. The first kappa shape index (κ1) is 22.6. The number of aliphatic hydroxyl groups is 1. The first-order valence-electron chi connectivity index (χ1n) is 10.2. The molecule has 0 unspecified atom stereocenters. The molecule has 1 amide bonds. The second kappa shape index (κ2) is 10.8. The molecule has 0 aliphatic carbocycles. The van der Waals surface area contributed by atoms with Crippen molar-refractivity contribution in [1.29, 1.82) is 0 Å². The van der Waals surface area contributed by atoms with Gasteiger partial charge < -0.3 is 24.5 Å². The Morgan fingerprint density at radius 1 is 1.27 bits per heavy atom. The number of nitrogens with zero attached hydrogens (tertiary/aromatic N) is 2. The van der Waals surface area contributed by atoms with Crippen LogP contribution in [0.1, 0.15) is 34.7 Å². The van der Waals surface area contributed by atoms with Crippen LogP contribution in [-0.2, 0) is 13.2 Å². The van der Waals surface area contributed by atoms with Crippen LogP contribution in [0.25, 0.3) is 0 Å². The molecule has 0 bridgehead atoms. The van der Waals surface area contributed by atoms with Gasteiger partial charge in [0.05, 0.1) is 11.6 Å². The number of hydrogen-bond donors (Lipinski definition) is 2. The first-order chi connectivity index (χ1) is 14.4. The molecular weight excluding hydrogens is 406 g/mol. The van der Waals surface area contributed by atoms with Gasteiger partial charge in [-0.3, -0.25) is 9.69 Å². The summed E-state index contributed by atoms with van der Waals surface area (Å²) in [6.45, 7) is 3.80. The highest BCUT2D eigenvalue weighted by Crippen LogP contribution is 2.29. The summed E-state index contributed by atoms with van der Waals surface area (Å²) in [6.07, 6.45) is 1.86. The van der Waals surface area contributed by atoms with Crippen LogP contribution in [-0.4, -0.2) is 67.2 Å². The van der Waals surface area contributed by atoms with Crippen LogP contribution >= 0.6 is 11.6 Å². The molecule has 0 saturated carbocycles. The normalized spacial score (nSPS) is 15.5. The van der Waals surface area contributed by atoms with E-state index in [0.717, 1.165) is 44.8 Å². The summed E-state index contributed by atoms with van der Waals surface area (Å²) in [5.74, 6) is 1.92. The van der Waals surface area contributed by atoms with Crippen LogP contribution in [0.4, 0.5) is 0 Å². The van der Waals surface area contributed by atoms with Crippen LogP contribution in [0.5, 0.6) is 5.75 Å². The Labute approximate surface area is 182 Å². The van der Waals surface area contributed by atoms with Crippen LogP contribution in [0.3, 0.4) is 0 Å². The summed E-state index contributed by atoms with van der Waals surface area (Å²) in [7, 11) is 3.92. The van der Waals surface area contributed by atoms with Gasteiger partial charge in [0.15, 0.2) is 0 Å². The number of furan rings is 1. The molecular formula is C22H30ClN3O4. The Hall–Kier alpha value is -2.06. The van der Waals surface area contributed by atoms with Gasteiger partial charge in [0, 0.05) is 31.7 Å². The summed E-state index contributed by atoms with van der Waals surface area (Å²) < 4.78 is 11.7. The lowest BCUT2D eigenvalue weighted by Crippen LogP contribution is -2.37. The number of carbonyl (C=O) groups is 1. The molecule has 1 fully saturated rings. The smallest absolute Gasteiger partial charge is 0.251 e. The van der Waals surface area contributed by atoms with E-state index in [2.05, 4.69) is 10.2 Å². The van der Waals surface area contributed by atoms with Crippen molar-refractivity contribution in [3.8, 4) is 5.75 Å². The fraction of sp³-hybridized carbons (Fsp3) is 0.500. The monoisotopic (exact) mass is 435 g/mol. The van der Waals surface area contributed by atoms with Gasteiger partial charge >= 0.3 is 0 Å². The molecule has 8 heteroatoms. The van der Waals surface area contributed by atoms with Crippen molar-refractivity contribution in [2.45, 2.75) is 32.1 Å². The van der Waals surface area contributed by atoms with E-state index < -0.39 is 0 Å². The summed E-state index contributed by atoms with van der Waals surface area (Å²) in [5.41, 5.74) is 0.529. The Bertz CT molecular complexity index is 832. The lowest BCUT2D eigenvalue weighted by Gasteiger charge is -2.31. The molecule has 1 aliphatic heterocycles. The van der Waals surface area contributed by atoms with E-state index in [1.807, 2.05) is 25.1 Å². The lowest BCUT2D eigenvalue weighted by molar-refractivity contribution is 0.0920. The van der Waals surface area contributed by atoms with Crippen molar-refractivity contribution >= 4 is 17.5 Å². The zero-order valence-corrected chi connectivity index (χ0v) is 18.3. The molecule has 0 atom stereocenters. The van der Waals surface area contributed by atoms with Gasteiger partial charge in [-0.1, -0.05) is 11.6 Å². The van der Waals surface area contributed by atoms with E-state index >= 15 is 0 Å². The van der Waals surface area contributed by atoms with Crippen molar-refractivity contribution in [1.82, 2.24) is 15.1 Å². The number of likely N-dealkylation sites (N-methyl/N-ethyl adjacent to an activating group) is 1. The van der Waals surface area contributed by atoms with E-state index in [9.17, 15) is 4.79 Å². The van der Waals surface area contributed by atoms with E-state index in [0.29, 0.717) is 28.6 Å². The molecule has 0 radical (unpaired) electrons. The molecule has 164 valence electrons. The zero-order chi connectivity index (χ0) is 21.5. The average Bonchev–Trinajstić information content (AvgIpc) is 3.18. The number of benzene rings is 1. The first-order valence-corrected chi connectivity index (χ1v) is 10.6. The SMILES string of the molecule is CN(C)CCNC(=O)c1ccc(OC2CCN(Cc3ccc(CO)o3)CC2)c(Cl)c1. The van der Waals surface area contributed by atoms with Crippen LogP contribution in [0.2, 0.25) is 5.02 Å². The van der Waals surface area contributed by atoms with Crippen LogP contribution in [0.15, 0.2) is 34.7 Å². The molecule has 3 rings (SSSR count). The molecule has 1 aromatic heterocycles. The Balaban J connectivity index is 1.47. The van der Waals surface area contributed by atoms with Crippen molar-refractivity contribution in [3.05, 3.63) is 52.4 Å². The fourth-order valence-corrected chi connectivity index (χ4v) is 3.64. The molecule has 1 saturated heterocycles. The van der Waals surface area contributed by atoms with Crippen molar-refractivity contribution in [2.24, 2.45) is 0 Å². The van der Waals surface area contributed by atoms with E-state index in [1.165, 1.54) is 0 Å². The number of amides is 1. The molecule has 2 heterocycles. The lowest BCUT2D eigenvalue weighted by atomic mass is 10.1. The molecule has 1 aliphatic rings. The van der Waals surface area contributed by atoms with Gasteiger partial charge in [-0.15, -0.1) is 0 Å². The van der Waals surface area contributed by atoms with Crippen molar-refractivity contribution in [2.75, 3.05) is 40.3 Å². The van der Waals surface area contributed by atoms with Crippen molar-refractivity contribution in [3.63, 3.8) is 0 Å². The standard InChI is InChI=1S/C22H30ClN3O4/c1-25(2)12-9-24-22(28)16-3-6-21(20(23)13-16)30-17-7-10-26(11-8-17)14-18-4-5-19(15-27)29-18/h3-6,13,17,27H,7-12,14-15H2,1-2H3,(H,24,28). The van der Waals surface area contributed by atoms with E-state index in [1.54, 1.807) is 24.3 Å². The van der Waals surface area contributed by atoms with Gasteiger partial charge in [0.1, 0.15) is 30.0 Å². The van der Waals surface area contributed by atoms with Gasteiger partial charge in [0.25, 0.3) is 5.91 Å². The van der Waals surface area contributed by atoms with Gasteiger partial charge in [0.2, 0.25) is 0 Å². The largest absolute Gasteiger partial charge is 0.489 e. The summed E-state index contributed by atoms with van der Waals surface area (Å²) >= 11 is 6.37. The number of halogens is 1. The Morgan fingerprint density at radius 2 is 2.00 bits per heavy atom. The van der Waals surface area contributed by atoms with Gasteiger partial charge in [-0.25, -0.2) is 0 Å². The van der Waals surface area contributed by atoms with Crippen LogP contribution in [0, 0.1) is 0 Å². The predicted molar refractivity (Wildman–Crippen MR) is 116 cm³/mol. The third-order valence-corrected chi connectivity index (χ3v) is 5.41. The van der Waals surface area contributed by atoms with E-state index in [-0.39, 0.29) is 18.6 Å². The number of rotatable bonds is 9. The molecule has 0 spiro atoms. The number of aliphatic hydroxyl groups excluding tert-OH is 1. The average molecular weight is 436 g/mol. The second-order valence-electron chi connectivity index (χ2n) is 7.82. The van der Waals surface area contributed by atoms with Crippen LogP contribution < -0.4 is 10.1 Å². The third-order valence-electron chi connectivity index (χ3n) is 5.12. The number of piperidine rings is 1. The predicted octanol–water partition coefficient (Wildman–Crippen LogP) is 2.76. The summed E-state index contributed by atoms with van der Waals surface area (Å²) in [6, 6.07) is 8.89. The number of likely N-dealkylation sites (tertiary alicyclic amines) is 1. The highest BCUT2D eigenvalue weighted by atomic mass is 35.5. The van der Waals surface area contributed by atoms with Gasteiger partial charge in [-0.2, -0.15) is 0 Å². The Kier molecular flexibility index (Phi) is 8.16. The molecule has 7 nitrogen and oxygen atoms in total. The minimum Gasteiger partial charge on any atom is -0.489 e. The van der Waals surface area contributed by atoms with E-state index in [4.69, 9.17) is 25.9 Å². The molecule has 2 N–H and O–H groups in total. The number of hydrogen-bond acceptors (Lipinski definition) is 6.